The molecule has 1 fully saturated rings. The first-order valence-electron chi connectivity index (χ1n) is 4.69. The zero-order valence-electron chi connectivity index (χ0n) is 7.61. The van der Waals surface area contributed by atoms with Gasteiger partial charge in [-0.3, -0.25) is 0 Å². The topological polar surface area (TPSA) is 55.0 Å². The van der Waals surface area contributed by atoms with Gasteiger partial charge < -0.3 is 10.6 Å². The molecule has 2 rings (SSSR count). The molecule has 0 spiro atoms. The first-order chi connectivity index (χ1) is 6.38. The Morgan fingerprint density at radius 3 is 2.46 bits per heavy atom. The van der Waals surface area contributed by atoms with Crippen LogP contribution in [0.2, 0.25) is 0 Å². The molecule has 0 unspecified atom stereocenters. The van der Waals surface area contributed by atoms with Crippen molar-refractivity contribution >= 4 is 11.6 Å². The molecule has 1 aliphatic rings. The number of hydrogen-bond acceptors (Lipinski definition) is 4. The van der Waals surface area contributed by atoms with Crippen LogP contribution in [0.4, 0.5) is 11.6 Å². The van der Waals surface area contributed by atoms with Crippen molar-refractivity contribution in [2.45, 2.75) is 19.3 Å². The molecule has 1 saturated heterocycles. The van der Waals surface area contributed by atoms with Gasteiger partial charge in [0.25, 0.3) is 0 Å². The zero-order chi connectivity index (χ0) is 9.10. The molecular weight excluding hydrogens is 164 g/mol. The number of piperidine rings is 1. The summed E-state index contributed by atoms with van der Waals surface area (Å²) in [6.07, 6.45) is 7.10. The molecule has 0 bridgehead atoms. The summed E-state index contributed by atoms with van der Waals surface area (Å²) in [4.78, 5) is 10.5. The van der Waals surface area contributed by atoms with Crippen LogP contribution in [0, 0.1) is 0 Å². The lowest BCUT2D eigenvalue weighted by atomic mass is 10.1. The molecule has 0 saturated carbocycles. The third kappa shape index (κ3) is 1.71. The summed E-state index contributed by atoms with van der Waals surface area (Å²) in [5, 5.41) is 0. The maximum Gasteiger partial charge on any atom is 0.171 e. The van der Waals surface area contributed by atoms with Crippen LogP contribution in [-0.4, -0.2) is 23.1 Å². The highest BCUT2D eigenvalue weighted by molar-refractivity contribution is 5.57. The van der Waals surface area contributed by atoms with E-state index in [0.717, 1.165) is 18.9 Å². The molecule has 1 aromatic heterocycles. The zero-order valence-corrected chi connectivity index (χ0v) is 7.61. The number of rotatable bonds is 1. The van der Waals surface area contributed by atoms with Gasteiger partial charge in [0.1, 0.15) is 0 Å². The van der Waals surface area contributed by atoms with E-state index >= 15 is 0 Å². The second kappa shape index (κ2) is 3.60. The molecule has 70 valence electrons. The van der Waals surface area contributed by atoms with E-state index in [1.165, 1.54) is 19.3 Å². The van der Waals surface area contributed by atoms with Crippen LogP contribution in [-0.2, 0) is 0 Å². The Hall–Kier alpha value is -1.32. The fraction of sp³-hybridized carbons (Fsp3) is 0.556. The van der Waals surface area contributed by atoms with Crippen molar-refractivity contribution in [3.8, 4) is 0 Å². The average Bonchev–Trinajstić information content (AvgIpc) is 2.20. The van der Waals surface area contributed by atoms with Crippen LogP contribution < -0.4 is 10.6 Å². The smallest absolute Gasteiger partial charge is 0.171 e. The molecule has 4 nitrogen and oxygen atoms in total. The van der Waals surface area contributed by atoms with Crippen LogP contribution in [0.15, 0.2) is 12.4 Å². The number of hydrogen-bond donors (Lipinski definition) is 1. The predicted octanol–water partition coefficient (Wildman–Crippen LogP) is 1.05. The van der Waals surface area contributed by atoms with E-state index in [9.17, 15) is 0 Å². The number of nitrogen functional groups attached to an aromatic ring is 1. The standard InChI is InChI=1S/C9H14N4/c10-8-9(12-5-4-11-8)13-6-2-1-3-7-13/h4-5H,1-3,6-7H2,(H2,10,11). The van der Waals surface area contributed by atoms with Crippen LogP contribution >= 0.6 is 0 Å². The van der Waals surface area contributed by atoms with Crippen molar-refractivity contribution in [2.75, 3.05) is 23.7 Å². The Morgan fingerprint density at radius 1 is 1.08 bits per heavy atom. The SMILES string of the molecule is Nc1nccnc1N1CCCCC1. The highest BCUT2D eigenvalue weighted by Crippen LogP contribution is 2.20. The summed E-state index contributed by atoms with van der Waals surface area (Å²) < 4.78 is 0. The van der Waals surface area contributed by atoms with Gasteiger partial charge in [-0.15, -0.1) is 0 Å². The summed E-state index contributed by atoms with van der Waals surface area (Å²) >= 11 is 0. The normalized spacial score (nSPS) is 17.4. The van der Waals surface area contributed by atoms with Crippen LogP contribution in [0.5, 0.6) is 0 Å². The highest BCUT2D eigenvalue weighted by atomic mass is 15.2. The maximum absolute atomic E-state index is 5.74. The number of nitrogens with two attached hydrogens (primary N) is 1. The molecule has 13 heavy (non-hydrogen) atoms. The molecule has 0 aliphatic carbocycles. The minimum atomic E-state index is 0.546. The monoisotopic (exact) mass is 178 g/mol. The summed E-state index contributed by atoms with van der Waals surface area (Å²) in [5.74, 6) is 1.40. The van der Waals surface area contributed by atoms with Gasteiger partial charge in [-0.1, -0.05) is 0 Å². The van der Waals surface area contributed by atoms with Crippen molar-refractivity contribution < 1.29 is 0 Å². The third-order valence-corrected chi connectivity index (χ3v) is 2.36. The van der Waals surface area contributed by atoms with Crippen LogP contribution in [0.25, 0.3) is 0 Å². The minimum Gasteiger partial charge on any atom is -0.381 e. The maximum atomic E-state index is 5.74. The molecule has 2 heterocycles. The van der Waals surface area contributed by atoms with Gasteiger partial charge in [0.15, 0.2) is 11.6 Å². The molecule has 2 N–H and O–H groups in total. The Balaban J connectivity index is 2.18. The van der Waals surface area contributed by atoms with Gasteiger partial charge in [0.2, 0.25) is 0 Å². The van der Waals surface area contributed by atoms with Crippen LogP contribution in [0.3, 0.4) is 0 Å². The third-order valence-electron chi connectivity index (χ3n) is 2.36. The summed E-state index contributed by atoms with van der Waals surface area (Å²) in [6.45, 7) is 2.12. The van der Waals surface area contributed by atoms with Gasteiger partial charge in [-0.25, -0.2) is 9.97 Å². The van der Waals surface area contributed by atoms with Gasteiger partial charge in [-0.05, 0) is 19.3 Å². The Labute approximate surface area is 77.8 Å². The van der Waals surface area contributed by atoms with E-state index in [2.05, 4.69) is 14.9 Å². The Bertz CT molecular complexity index is 281. The molecule has 1 aliphatic heterocycles. The van der Waals surface area contributed by atoms with Crippen molar-refractivity contribution in [1.82, 2.24) is 9.97 Å². The number of aromatic nitrogens is 2. The fourth-order valence-electron chi connectivity index (χ4n) is 1.69. The van der Waals surface area contributed by atoms with Crippen molar-refractivity contribution in [2.24, 2.45) is 0 Å². The van der Waals surface area contributed by atoms with Gasteiger partial charge >= 0.3 is 0 Å². The van der Waals surface area contributed by atoms with Crippen LogP contribution in [0.1, 0.15) is 19.3 Å². The van der Waals surface area contributed by atoms with Gasteiger partial charge in [0.05, 0.1) is 0 Å². The lowest BCUT2D eigenvalue weighted by Crippen LogP contribution is -2.31. The molecule has 4 heteroatoms. The quantitative estimate of drug-likeness (QED) is 0.698. The van der Waals surface area contributed by atoms with Crippen molar-refractivity contribution in [1.29, 1.82) is 0 Å². The molecule has 1 aromatic rings. The summed E-state index contributed by atoms with van der Waals surface area (Å²) in [5.41, 5.74) is 5.74. The van der Waals surface area contributed by atoms with E-state index in [1.807, 2.05) is 0 Å². The molecule has 0 atom stereocenters. The molecule has 0 radical (unpaired) electrons. The first kappa shape index (κ1) is 8.29. The second-order valence-corrected chi connectivity index (χ2v) is 3.31. The largest absolute Gasteiger partial charge is 0.381 e. The minimum absolute atomic E-state index is 0.546. The predicted molar refractivity (Wildman–Crippen MR) is 52.5 cm³/mol. The van der Waals surface area contributed by atoms with E-state index in [4.69, 9.17) is 5.73 Å². The van der Waals surface area contributed by atoms with E-state index in [0.29, 0.717) is 5.82 Å². The summed E-state index contributed by atoms with van der Waals surface area (Å²) in [6, 6.07) is 0. The van der Waals surface area contributed by atoms with Gasteiger partial charge in [-0.2, -0.15) is 0 Å². The number of anilines is 2. The molecular formula is C9H14N4. The second-order valence-electron chi connectivity index (χ2n) is 3.31. The average molecular weight is 178 g/mol. The Kier molecular flexibility index (Phi) is 2.29. The first-order valence-corrected chi connectivity index (χ1v) is 4.69. The molecule has 0 amide bonds. The lowest BCUT2D eigenvalue weighted by molar-refractivity contribution is 0.573. The fourth-order valence-corrected chi connectivity index (χ4v) is 1.69. The van der Waals surface area contributed by atoms with Crippen molar-refractivity contribution in [3.05, 3.63) is 12.4 Å². The summed E-state index contributed by atoms with van der Waals surface area (Å²) in [7, 11) is 0. The molecule has 0 aromatic carbocycles. The number of nitrogens with zero attached hydrogens (tertiary/aromatic N) is 3. The highest BCUT2D eigenvalue weighted by Gasteiger charge is 2.14. The van der Waals surface area contributed by atoms with E-state index in [-0.39, 0.29) is 0 Å². The van der Waals surface area contributed by atoms with Crippen molar-refractivity contribution in [3.63, 3.8) is 0 Å². The van der Waals surface area contributed by atoms with E-state index < -0.39 is 0 Å². The Morgan fingerprint density at radius 2 is 1.77 bits per heavy atom. The van der Waals surface area contributed by atoms with E-state index in [1.54, 1.807) is 12.4 Å². The van der Waals surface area contributed by atoms with Gasteiger partial charge in [0, 0.05) is 25.5 Å². The lowest BCUT2D eigenvalue weighted by Gasteiger charge is -2.27.